The van der Waals surface area contributed by atoms with Gasteiger partial charge in [-0.25, -0.2) is 8.42 Å². The monoisotopic (exact) mass is 447 g/mol. The zero-order valence-electron chi connectivity index (χ0n) is 17.4. The predicted octanol–water partition coefficient (Wildman–Crippen LogP) is 1.63. The van der Waals surface area contributed by atoms with E-state index in [2.05, 4.69) is 17.4 Å². The lowest BCUT2D eigenvalue weighted by molar-refractivity contribution is 0.0730. The van der Waals surface area contributed by atoms with E-state index in [9.17, 15) is 13.2 Å². The molecule has 31 heavy (non-hydrogen) atoms. The van der Waals surface area contributed by atoms with Gasteiger partial charge in [0, 0.05) is 30.3 Å². The van der Waals surface area contributed by atoms with E-state index in [1.807, 2.05) is 0 Å². The fourth-order valence-electron chi connectivity index (χ4n) is 3.05. The third-order valence-electron chi connectivity index (χ3n) is 4.76. The summed E-state index contributed by atoms with van der Waals surface area (Å²) in [4.78, 5) is 12.6. The molecule has 1 saturated heterocycles. The molecule has 1 amide bonds. The number of amides is 1. The zero-order valence-corrected chi connectivity index (χ0v) is 18.2. The van der Waals surface area contributed by atoms with Crippen molar-refractivity contribution in [3.05, 3.63) is 60.2 Å². The lowest BCUT2D eigenvalue weighted by atomic mass is 10.1. The number of benzene rings is 2. The van der Waals surface area contributed by atoms with Crippen LogP contribution in [0, 0.1) is 0 Å². The van der Waals surface area contributed by atoms with Crippen molar-refractivity contribution in [3.8, 4) is 11.5 Å². The fourth-order valence-corrected chi connectivity index (χ4v) is 4.51. The summed E-state index contributed by atoms with van der Waals surface area (Å²) in [5.74, 6) is 0.632. The van der Waals surface area contributed by atoms with Gasteiger partial charge in [0.25, 0.3) is 5.91 Å². The lowest BCUT2D eigenvalue weighted by Crippen LogP contribution is -2.40. The minimum atomic E-state index is -3.70. The minimum Gasteiger partial charge on any atom is -0.497 e. The molecule has 0 spiro atoms. The van der Waals surface area contributed by atoms with Crippen molar-refractivity contribution in [2.24, 2.45) is 0 Å². The summed E-state index contributed by atoms with van der Waals surface area (Å²) in [6.45, 7) is 5.17. The van der Waals surface area contributed by atoms with E-state index in [0.29, 0.717) is 36.0 Å². The van der Waals surface area contributed by atoms with Crippen molar-refractivity contribution in [1.82, 2.24) is 15.2 Å². The van der Waals surface area contributed by atoms with Crippen molar-refractivity contribution in [1.29, 1.82) is 0 Å². The van der Waals surface area contributed by atoms with Crippen molar-refractivity contribution in [2.45, 2.75) is 4.90 Å². The highest BCUT2D eigenvalue weighted by Crippen LogP contribution is 2.28. The molecule has 1 aliphatic heterocycles. The van der Waals surface area contributed by atoms with Crippen LogP contribution in [-0.4, -0.2) is 59.2 Å². The first kappa shape index (κ1) is 22.6. The first-order chi connectivity index (χ1) is 14.9. The number of ether oxygens (including phenoxy) is 3. The molecule has 166 valence electrons. The van der Waals surface area contributed by atoms with Crippen LogP contribution in [-0.2, 0) is 14.8 Å². The number of sulfonamides is 1. The van der Waals surface area contributed by atoms with Crippen LogP contribution in [0.25, 0.3) is 5.70 Å². The third-order valence-corrected chi connectivity index (χ3v) is 6.66. The maximum Gasteiger partial charge on any atom is 0.269 e. The molecule has 3 rings (SSSR count). The predicted molar refractivity (Wildman–Crippen MR) is 115 cm³/mol. The molecule has 1 fully saturated rings. The van der Waals surface area contributed by atoms with Crippen LogP contribution in [0.5, 0.6) is 11.5 Å². The molecule has 0 radical (unpaired) electrons. The summed E-state index contributed by atoms with van der Waals surface area (Å²) in [7, 11) is -0.632. The topological polar surface area (TPSA) is 106 Å². The number of hydrazine groups is 1. The number of hydrogen-bond acceptors (Lipinski definition) is 7. The zero-order chi connectivity index (χ0) is 22.4. The summed E-state index contributed by atoms with van der Waals surface area (Å²) in [6, 6.07) is 11.1. The average Bonchev–Trinajstić information content (AvgIpc) is 2.82. The molecule has 2 aromatic carbocycles. The van der Waals surface area contributed by atoms with E-state index in [0.717, 1.165) is 0 Å². The largest absolute Gasteiger partial charge is 0.497 e. The number of morpholine rings is 1. The molecular formula is C21H25N3O6S. The van der Waals surface area contributed by atoms with Gasteiger partial charge in [0.1, 0.15) is 11.5 Å². The molecule has 0 bridgehead atoms. The van der Waals surface area contributed by atoms with Gasteiger partial charge in [-0.05, 0) is 30.3 Å². The second-order valence-corrected chi connectivity index (χ2v) is 8.61. The smallest absolute Gasteiger partial charge is 0.269 e. The van der Waals surface area contributed by atoms with E-state index < -0.39 is 15.9 Å². The Balaban J connectivity index is 1.70. The number of carbonyl (C=O) groups is 1. The van der Waals surface area contributed by atoms with Crippen molar-refractivity contribution in [3.63, 3.8) is 0 Å². The highest BCUT2D eigenvalue weighted by molar-refractivity contribution is 7.89. The fraction of sp³-hybridized carbons (Fsp3) is 0.286. The van der Waals surface area contributed by atoms with Gasteiger partial charge in [0.2, 0.25) is 10.0 Å². The first-order valence-corrected chi connectivity index (χ1v) is 11.0. The van der Waals surface area contributed by atoms with Crippen molar-refractivity contribution < 1.29 is 27.4 Å². The summed E-state index contributed by atoms with van der Waals surface area (Å²) in [5.41, 5.74) is 6.49. The van der Waals surface area contributed by atoms with E-state index in [4.69, 9.17) is 14.2 Å². The van der Waals surface area contributed by atoms with Gasteiger partial charge in [-0.2, -0.15) is 4.31 Å². The summed E-state index contributed by atoms with van der Waals surface area (Å²) in [5, 5.41) is 0. The van der Waals surface area contributed by atoms with Gasteiger partial charge in [-0.3, -0.25) is 15.6 Å². The Morgan fingerprint density at radius 2 is 1.81 bits per heavy atom. The van der Waals surface area contributed by atoms with Gasteiger partial charge < -0.3 is 14.2 Å². The lowest BCUT2D eigenvalue weighted by Gasteiger charge is -2.26. The molecule has 2 aromatic rings. The van der Waals surface area contributed by atoms with Crippen LogP contribution < -0.4 is 20.3 Å². The average molecular weight is 448 g/mol. The molecule has 10 heteroatoms. The highest BCUT2D eigenvalue weighted by atomic mass is 32.2. The quantitative estimate of drug-likeness (QED) is 0.593. The van der Waals surface area contributed by atoms with Gasteiger partial charge in [-0.1, -0.05) is 12.6 Å². The Labute approximate surface area is 181 Å². The Morgan fingerprint density at radius 3 is 2.48 bits per heavy atom. The van der Waals surface area contributed by atoms with Gasteiger partial charge in [0.05, 0.1) is 38.0 Å². The van der Waals surface area contributed by atoms with E-state index >= 15 is 0 Å². The van der Waals surface area contributed by atoms with Gasteiger partial charge in [-0.15, -0.1) is 0 Å². The second-order valence-electron chi connectivity index (χ2n) is 6.67. The van der Waals surface area contributed by atoms with Crippen LogP contribution in [0.2, 0.25) is 0 Å². The molecule has 1 heterocycles. The second kappa shape index (κ2) is 9.82. The molecule has 9 nitrogen and oxygen atoms in total. The molecule has 0 atom stereocenters. The minimum absolute atomic E-state index is 0.0534. The molecule has 2 N–H and O–H groups in total. The molecule has 0 unspecified atom stereocenters. The van der Waals surface area contributed by atoms with Crippen LogP contribution in [0.4, 0.5) is 0 Å². The normalized spacial score (nSPS) is 14.5. The molecule has 0 saturated carbocycles. The number of nitrogens with one attached hydrogen (secondary N) is 2. The number of rotatable bonds is 8. The Kier molecular flexibility index (Phi) is 7.16. The van der Waals surface area contributed by atoms with Crippen LogP contribution in [0.1, 0.15) is 15.9 Å². The van der Waals surface area contributed by atoms with Crippen LogP contribution in [0.3, 0.4) is 0 Å². The molecule has 0 aromatic heterocycles. The number of carbonyl (C=O) groups excluding carboxylic acids is 1. The standard InChI is InChI=1S/C21H25N3O6S/c1-15(19-8-7-17(28-2)14-20(19)29-3)22-23-21(25)16-5-4-6-18(13-16)31(26,27)24-9-11-30-12-10-24/h4-8,13-14,22H,1,9-12H2,2-3H3,(H,23,25). The maximum absolute atomic E-state index is 12.8. The van der Waals surface area contributed by atoms with E-state index in [-0.39, 0.29) is 23.5 Å². The number of nitrogens with zero attached hydrogens (tertiary/aromatic N) is 1. The Bertz CT molecular complexity index is 1060. The molecule has 1 aliphatic rings. The van der Waals surface area contributed by atoms with E-state index in [1.54, 1.807) is 25.3 Å². The SMILES string of the molecule is C=C(NNC(=O)c1cccc(S(=O)(=O)N2CCOCC2)c1)c1ccc(OC)cc1OC. The summed E-state index contributed by atoms with van der Waals surface area (Å²) < 4.78 is 42.7. The van der Waals surface area contributed by atoms with Crippen LogP contribution in [0.15, 0.2) is 53.9 Å². The van der Waals surface area contributed by atoms with Crippen molar-refractivity contribution in [2.75, 3.05) is 40.5 Å². The number of methoxy groups -OCH3 is 2. The summed E-state index contributed by atoms with van der Waals surface area (Å²) >= 11 is 0. The first-order valence-electron chi connectivity index (χ1n) is 9.52. The third kappa shape index (κ3) is 5.16. The number of hydrogen-bond donors (Lipinski definition) is 2. The molecule has 0 aliphatic carbocycles. The van der Waals surface area contributed by atoms with Crippen molar-refractivity contribution >= 4 is 21.6 Å². The Hall–Kier alpha value is -3.08. The van der Waals surface area contributed by atoms with Crippen LogP contribution >= 0.6 is 0 Å². The van der Waals surface area contributed by atoms with Gasteiger partial charge >= 0.3 is 0 Å². The highest BCUT2D eigenvalue weighted by Gasteiger charge is 2.26. The maximum atomic E-state index is 12.8. The molecular weight excluding hydrogens is 422 g/mol. The Morgan fingerprint density at radius 1 is 1.06 bits per heavy atom. The van der Waals surface area contributed by atoms with Gasteiger partial charge in [0.15, 0.2) is 0 Å². The summed E-state index contributed by atoms with van der Waals surface area (Å²) in [6.07, 6.45) is 0. The van der Waals surface area contributed by atoms with E-state index in [1.165, 1.54) is 35.7 Å².